The molecule has 0 spiro atoms. The Morgan fingerprint density at radius 2 is 2.20 bits per heavy atom. The Bertz CT molecular complexity index is 552. The summed E-state index contributed by atoms with van der Waals surface area (Å²) in [5.41, 5.74) is 2.36. The highest BCUT2D eigenvalue weighted by atomic mass is 16.5. The van der Waals surface area contributed by atoms with Gasteiger partial charge in [0.05, 0.1) is 13.2 Å². The molecule has 2 rings (SSSR count). The Hall–Kier alpha value is -1.75. The zero-order chi connectivity index (χ0) is 18.1. The third-order valence-electron chi connectivity index (χ3n) is 4.41. The van der Waals surface area contributed by atoms with E-state index in [0.29, 0.717) is 18.4 Å². The lowest BCUT2D eigenvalue weighted by atomic mass is 10.1. The van der Waals surface area contributed by atoms with E-state index in [1.165, 1.54) is 5.56 Å². The third kappa shape index (κ3) is 6.94. The molecule has 0 radical (unpaired) electrons. The molecular formula is C20H33N3O2. The van der Waals surface area contributed by atoms with Gasteiger partial charge < -0.3 is 20.1 Å². The number of guanidine groups is 1. The fourth-order valence-corrected chi connectivity index (χ4v) is 2.74. The number of nitrogens with one attached hydrogen (secondary N) is 2. The van der Waals surface area contributed by atoms with Crippen LogP contribution in [0.15, 0.2) is 23.2 Å². The van der Waals surface area contributed by atoms with Crippen LogP contribution in [0.5, 0.6) is 5.75 Å². The summed E-state index contributed by atoms with van der Waals surface area (Å²) in [5.74, 6) is 2.97. The van der Waals surface area contributed by atoms with E-state index in [1.807, 2.05) is 0 Å². The number of ether oxygens (including phenoxy) is 2. The lowest BCUT2D eigenvalue weighted by Crippen LogP contribution is -2.37. The summed E-state index contributed by atoms with van der Waals surface area (Å²) in [5, 5.41) is 6.74. The van der Waals surface area contributed by atoms with E-state index in [9.17, 15) is 0 Å². The Morgan fingerprint density at radius 1 is 1.36 bits per heavy atom. The number of hydrogen-bond donors (Lipinski definition) is 2. The quantitative estimate of drug-likeness (QED) is 0.560. The number of rotatable bonds is 8. The Kier molecular flexibility index (Phi) is 8.06. The van der Waals surface area contributed by atoms with Crippen LogP contribution in [-0.4, -0.2) is 39.4 Å². The summed E-state index contributed by atoms with van der Waals surface area (Å²) in [4.78, 5) is 4.29. The zero-order valence-electron chi connectivity index (χ0n) is 16.1. The molecule has 1 aliphatic heterocycles. The van der Waals surface area contributed by atoms with Crippen molar-refractivity contribution in [2.24, 2.45) is 16.8 Å². The zero-order valence-corrected chi connectivity index (χ0v) is 16.1. The molecule has 5 heteroatoms. The monoisotopic (exact) mass is 347 g/mol. The molecule has 1 aromatic rings. The molecule has 0 amide bonds. The average Bonchev–Trinajstić information content (AvgIpc) is 3.10. The van der Waals surface area contributed by atoms with Gasteiger partial charge in [-0.3, -0.25) is 4.99 Å². The summed E-state index contributed by atoms with van der Waals surface area (Å²) in [7, 11) is 1.80. The second-order valence-electron chi connectivity index (χ2n) is 7.19. The largest absolute Gasteiger partial charge is 0.493 e. The van der Waals surface area contributed by atoms with E-state index >= 15 is 0 Å². The minimum absolute atomic E-state index is 0.506. The van der Waals surface area contributed by atoms with Gasteiger partial charge in [-0.25, -0.2) is 0 Å². The Morgan fingerprint density at radius 3 is 2.88 bits per heavy atom. The van der Waals surface area contributed by atoms with Crippen LogP contribution in [0, 0.1) is 18.8 Å². The van der Waals surface area contributed by atoms with Crippen molar-refractivity contribution in [3.63, 3.8) is 0 Å². The molecule has 25 heavy (non-hydrogen) atoms. The van der Waals surface area contributed by atoms with E-state index in [0.717, 1.165) is 56.5 Å². The minimum Gasteiger partial charge on any atom is -0.493 e. The van der Waals surface area contributed by atoms with E-state index in [-0.39, 0.29) is 0 Å². The molecule has 0 bridgehead atoms. The van der Waals surface area contributed by atoms with Gasteiger partial charge in [-0.2, -0.15) is 0 Å². The van der Waals surface area contributed by atoms with Crippen molar-refractivity contribution in [3.05, 3.63) is 29.3 Å². The van der Waals surface area contributed by atoms with Crippen molar-refractivity contribution in [2.75, 3.05) is 33.4 Å². The van der Waals surface area contributed by atoms with E-state index in [1.54, 1.807) is 7.05 Å². The molecule has 1 aliphatic rings. The molecule has 2 N–H and O–H groups in total. The minimum atomic E-state index is 0.506. The van der Waals surface area contributed by atoms with Crippen LogP contribution in [0.2, 0.25) is 0 Å². The van der Waals surface area contributed by atoms with Crippen molar-refractivity contribution in [1.82, 2.24) is 10.6 Å². The van der Waals surface area contributed by atoms with Gasteiger partial charge in [0, 0.05) is 38.2 Å². The molecule has 1 fully saturated rings. The molecule has 0 aliphatic carbocycles. The SMILES string of the molecule is CN=C(NCCC(C)C)NCc1ccc(C)cc1OCC1CCOC1. The molecule has 1 unspecified atom stereocenters. The van der Waals surface area contributed by atoms with Crippen LogP contribution in [-0.2, 0) is 11.3 Å². The summed E-state index contributed by atoms with van der Waals surface area (Å²) in [6.45, 7) is 10.5. The Balaban J connectivity index is 1.88. The van der Waals surface area contributed by atoms with Gasteiger partial charge in [-0.15, -0.1) is 0 Å². The molecule has 1 atom stereocenters. The van der Waals surface area contributed by atoms with Crippen LogP contribution >= 0.6 is 0 Å². The topological polar surface area (TPSA) is 54.9 Å². The van der Waals surface area contributed by atoms with Gasteiger partial charge in [0.25, 0.3) is 0 Å². The van der Waals surface area contributed by atoms with Crippen molar-refractivity contribution in [3.8, 4) is 5.75 Å². The standard InChI is InChI=1S/C20H33N3O2/c1-15(2)7-9-22-20(21-4)23-12-18-6-5-16(3)11-19(18)25-14-17-8-10-24-13-17/h5-6,11,15,17H,7-10,12-14H2,1-4H3,(H2,21,22,23). The predicted molar refractivity (Wildman–Crippen MR) is 103 cm³/mol. The van der Waals surface area contributed by atoms with Gasteiger partial charge >= 0.3 is 0 Å². The van der Waals surface area contributed by atoms with Gasteiger partial charge in [0.1, 0.15) is 5.75 Å². The second kappa shape index (κ2) is 10.3. The summed E-state index contributed by atoms with van der Waals surface area (Å²) in [6, 6.07) is 6.36. The van der Waals surface area contributed by atoms with Gasteiger partial charge in [0.2, 0.25) is 0 Å². The highest BCUT2D eigenvalue weighted by molar-refractivity contribution is 5.79. The normalized spacial score (nSPS) is 17.8. The summed E-state index contributed by atoms with van der Waals surface area (Å²) in [6.07, 6.45) is 2.22. The first-order valence-electron chi connectivity index (χ1n) is 9.33. The van der Waals surface area contributed by atoms with E-state index in [4.69, 9.17) is 9.47 Å². The van der Waals surface area contributed by atoms with Crippen LogP contribution < -0.4 is 15.4 Å². The maximum Gasteiger partial charge on any atom is 0.191 e. The van der Waals surface area contributed by atoms with Crippen LogP contribution in [0.4, 0.5) is 0 Å². The fraction of sp³-hybridized carbons (Fsp3) is 0.650. The maximum atomic E-state index is 6.10. The van der Waals surface area contributed by atoms with Crippen molar-refractivity contribution < 1.29 is 9.47 Å². The van der Waals surface area contributed by atoms with Crippen molar-refractivity contribution in [1.29, 1.82) is 0 Å². The van der Waals surface area contributed by atoms with E-state index in [2.05, 4.69) is 54.6 Å². The third-order valence-corrected chi connectivity index (χ3v) is 4.41. The molecule has 0 aromatic heterocycles. The van der Waals surface area contributed by atoms with Crippen LogP contribution in [0.25, 0.3) is 0 Å². The highest BCUT2D eigenvalue weighted by Gasteiger charge is 2.17. The van der Waals surface area contributed by atoms with Crippen LogP contribution in [0.1, 0.15) is 37.8 Å². The molecule has 1 heterocycles. The maximum absolute atomic E-state index is 6.10. The number of aliphatic imine (C=N–C) groups is 1. The molecule has 140 valence electrons. The molecule has 1 aromatic carbocycles. The lowest BCUT2D eigenvalue weighted by molar-refractivity contribution is 0.166. The summed E-state index contributed by atoms with van der Waals surface area (Å²) >= 11 is 0. The predicted octanol–water partition coefficient (Wildman–Crippen LogP) is 3.12. The van der Waals surface area contributed by atoms with Crippen molar-refractivity contribution in [2.45, 2.75) is 40.2 Å². The first-order chi connectivity index (χ1) is 12.1. The number of nitrogens with zero attached hydrogens (tertiary/aromatic N) is 1. The molecular weight excluding hydrogens is 314 g/mol. The number of aryl methyl sites for hydroxylation is 1. The number of benzene rings is 1. The van der Waals surface area contributed by atoms with Crippen molar-refractivity contribution >= 4 is 5.96 Å². The first kappa shape index (κ1) is 19.6. The van der Waals surface area contributed by atoms with Gasteiger partial charge in [-0.05, 0) is 37.3 Å². The molecule has 5 nitrogen and oxygen atoms in total. The highest BCUT2D eigenvalue weighted by Crippen LogP contribution is 2.22. The Labute approximate surface area is 152 Å². The molecule has 0 saturated carbocycles. The van der Waals surface area contributed by atoms with Gasteiger partial charge in [-0.1, -0.05) is 26.0 Å². The average molecular weight is 348 g/mol. The fourth-order valence-electron chi connectivity index (χ4n) is 2.74. The van der Waals surface area contributed by atoms with E-state index < -0.39 is 0 Å². The lowest BCUT2D eigenvalue weighted by Gasteiger charge is -2.17. The van der Waals surface area contributed by atoms with Crippen LogP contribution in [0.3, 0.4) is 0 Å². The molecule has 1 saturated heterocycles. The number of hydrogen-bond acceptors (Lipinski definition) is 3. The summed E-state index contributed by atoms with van der Waals surface area (Å²) < 4.78 is 11.5. The second-order valence-corrected chi connectivity index (χ2v) is 7.19. The first-order valence-corrected chi connectivity index (χ1v) is 9.33. The smallest absolute Gasteiger partial charge is 0.191 e. The van der Waals surface area contributed by atoms with Gasteiger partial charge in [0.15, 0.2) is 5.96 Å².